The van der Waals surface area contributed by atoms with E-state index in [1.165, 1.54) is 0 Å². The van der Waals surface area contributed by atoms with Gasteiger partial charge in [-0.2, -0.15) is 0 Å². The number of benzene rings is 1. The molecule has 0 aliphatic carbocycles. The van der Waals surface area contributed by atoms with Crippen LogP contribution in [0.4, 0.5) is 5.69 Å². The van der Waals surface area contributed by atoms with E-state index in [0.717, 1.165) is 11.3 Å². The van der Waals surface area contributed by atoms with E-state index < -0.39 is 18.0 Å². The fourth-order valence-corrected chi connectivity index (χ4v) is 2.44. The van der Waals surface area contributed by atoms with Gasteiger partial charge in [0.05, 0.1) is 6.40 Å². The van der Waals surface area contributed by atoms with Gasteiger partial charge in [-0.05, 0) is 13.0 Å². The maximum absolute atomic E-state index is 11.5. The van der Waals surface area contributed by atoms with Crippen LogP contribution in [0.25, 0.3) is 0 Å². The molecule has 1 saturated heterocycles. The molecule has 2 heterocycles. The van der Waals surface area contributed by atoms with Crippen molar-refractivity contribution in [2.75, 3.05) is 11.9 Å². The predicted molar refractivity (Wildman–Crippen MR) is 56.5 cm³/mol. The van der Waals surface area contributed by atoms with Crippen molar-refractivity contribution in [2.45, 2.75) is 18.9 Å². The molecule has 1 aromatic carbocycles. The molecule has 0 amide bonds. The second kappa shape index (κ2) is 2.75. The Hall–Kier alpha value is -1.51. The predicted octanol–water partition coefficient (Wildman–Crippen LogP) is 1.89. The number of hydrogen-bond donors (Lipinski definition) is 1. The summed E-state index contributed by atoms with van der Waals surface area (Å²) in [7, 11) is 0. The third-order valence-electron chi connectivity index (χ3n) is 3.33. The maximum atomic E-state index is 11.5. The molecule has 0 aromatic heterocycles. The van der Waals surface area contributed by atoms with Gasteiger partial charge in [-0.25, -0.2) is 0 Å². The molecule has 78 valence electrons. The lowest BCUT2D eigenvalue weighted by Gasteiger charge is -2.36. The number of esters is 1. The van der Waals surface area contributed by atoms with Gasteiger partial charge in [0.2, 0.25) is 0 Å². The smallest absolute Gasteiger partial charge is 0.307 e. The Morgan fingerprint density at radius 2 is 2.40 bits per heavy atom. The molecule has 1 unspecified atom stereocenters. The molecule has 3 atom stereocenters. The minimum Gasteiger partial charge on any atom is -0.454 e. The van der Waals surface area contributed by atoms with E-state index in [-0.39, 0.29) is 5.92 Å². The van der Waals surface area contributed by atoms with Crippen molar-refractivity contribution >= 4 is 11.7 Å². The van der Waals surface area contributed by atoms with Crippen LogP contribution in [0.1, 0.15) is 20.3 Å². The average Bonchev–Trinajstić information content (AvgIpc) is 2.51. The summed E-state index contributed by atoms with van der Waals surface area (Å²) in [6.07, 6.45) is -0.772. The fraction of sp³-hybridized carbons (Fsp3) is 0.417. The maximum Gasteiger partial charge on any atom is 0.307 e. The Morgan fingerprint density at radius 1 is 1.60 bits per heavy atom. The number of hydrogen-bond acceptors (Lipinski definition) is 3. The van der Waals surface area contributed by atoms with Crippen molar-refractivity contribution < 1.29 is 10.9 Å². The average molecular weight is 204 g/mol. The lowest BCUT2D eigenvalue weighted by Crippen LogP contribution is -2.38. The summed E-state index contributed by atoms with van der Waals surface area (Å²) < 4.78 is 13.2. The SMILES string of the molecule is [2H]C1C(=O)O[C@@]2(C)c3ccccc3NC[C@H]12. The molecule has 0 spiro atoms. The number of rotatable bonds is 0. The third kappa shape index (κ3) is 1.09. The highest BCUT2D eigenvalue weighted by atomic mass is 16.6. The Labute approximate surface area is 89.8 Å². The van der Waals surface area contributed by atoms with E-state index in [2.05, 4.69) is 5.32 Å². The second-order valence-corrected chi connectivity index (χ2v) is 4.23. The molecule has 0 radical (unpaired) electrons. The van der Waals surface area contributed by atoms with Gasteiger partial charge in [0, 0.05) is 25.1 Å². The monoisotopic (exact) mass is 204 g/mol. The Morgan fingerprint density at radius 3 is 3.27 bits per heavy atom. The molecular weight excluding hydrogens is 190 g/mol. The van der Waals surface area contributed by atoms with Crippen LogP contribution in [0.2, 0.25) is 0 Å². The largest absolute Gasteiger partial charge is 0.454 e. The van der Waals surface area contributed by atoms with Crippen molar-refractivity contribution in [1.82, 2.24) is 0 Å². The van der Waals surface area contributed by atoms with Crippen LogP contribution >= 0.6 is 0 Å². The van der Waals surface area contributed by atoms with Crippen LogP contribution in [-0.4, -0.2) is 12.5 Å². The molecule has 2 aliphatic heterocycles. The molecule has 1 N–H and O–H groups in total. The molecule has 3 rings (SSSR count). The summed E-state index contributed by atoms with van der Waals surface area (Å²) in [6, 6.07) is 7.81. The normalized spacial score (nSPS) is 38.5. The topological polar surface area (TPSA) is 38.3 Å². The highest BCUT2D eigenvalue weighted by Crippen LogP contribution is 2.46. The molecule has 2 aliphatic rings. The molecule has 3 heteroatoms. The number of nitrogens with one attached hydrogen (secondary N) is 1. The first kappa shape index (κ1) is 7.74. The van der Waals surface area contributed by atoms with Crippen molar-refractivity contribution in [2.24, 2.45) is 5.92 Å². The van der Waals surface area contributed by atoms with Crippen molar-refractivity contribution in [3.8, 4) is 0 Å². The van der Waals surface area contributed by atoms with Gasteiger partial charge >= 0.3 is 5.97 Å². The van der Waals surface area contributed by atoms with Gasteiger partial charge in [0.1, 0.15) is 5.60 Å². The molecule has 15 heavy (non-hydrogen) atoms. The van der Waals surface area contributed by atoms with Crippen LogP contribution in [-0.2, 0) is 15.1 Å². The van der Waals surface area contributed by atoms with E-state index in [4.69, 9.17) is 6.11 Å². The first-order valence-electron chi connectivity index (χ1n) is 5.69. The number of para-hydroxylation sites is 1. The summed E-state index contributed by atoms with van der Waals surface area (Å²) in [5.74, 6) is -0.513. The van der Waals surface area contributed by atoms with Crippen molar-refractivity contribution in [1.29, 1.82) is 0 Å². The summed E-state index contributed by atoms with van der Waals surface area (Å²) in [6.45, 7) is 2.53. The molecule has 0 bridgehead atoms. The third-order valence-corrected chi connectivity index (χ3v) is 3.33. The molecule has 1 aromatic rings. The Kier molecular flexibility index (Phi) is 1.42. The van der Waals surface area contributed by atoms with Crippen LogP contribution < -0.4 is 5.32 Å². The first-order valence-corrected chi connectivity index (χ1v) is 5.11. The lowest BCUT2D eigenvalue weighted by molar-refractivity contribution is -0.148. The molecule has 0 saturated carbocycles. The molecule has 1 fully saturated rings. The van der Waals surface area contributed by atoms with Gasteiger partial charge in [-0.1, -0.05) is 18.2 Å². The van der Waals surface area contributed by atoms with Gasteiger partial charge in [-0.15, -0.1) is 0 Å². The zero-order valence-electron chi connectivity index (χ0n) is 9.49. The zero-order valence-corrected chi connectivity index (χ0v) is 8.49. The summed E-state index contributed by atoms with van der Waals surface area (Å²) in [4.78, 5) is 11.5. The fourth-order valence-electron chi connectivity index (χ4n) is 2.44. The minimum absolute atomic E-state index is 0.102. The van der Waals surface area contributed by atoms with E-state index in [1.807, 2.05) is 31.2 Å². The second-order valence-electron chi connectivity index (χ2n) is 4.23. The number of anilines is 1. The number of fused-ring (bicyclic) bond motifs is 3. The van der Waals surface area contributed by atoms with E-state index >= 15 is 0 Å². The highest BCUT2D eigenvalue weighted by molar-refractivity contribution is 5.75. The van der Waals surface area contributed by atoms with Gasteiger partial charge in [0.15, 0.2) is 0 Å². The first-order chi connectivity index (χ1) is 7.63. The Bertz CT molecular complexity index is 462. The molecular formula is C12H13NO2. The summed E-state index contributed by atoms with van der Waals surface area (Å²) in [5, 5.41) is 3.26. The lowest BCUT2D eigenvalue weighted by atomic mass is 9.79. The van der Waals surface area contributed by atoms with Gasteiger partial charge < -0.3 is 10.1 Å². The van der Waals surface area contributed by atoms with Gasteiger partial charge in [0.25, 0.3) is 0 Å². The number of carbonyl (C=O) groups excluding carboxylic acids is 1. The van der Waals surface area contributed by atoms with E-state index in [0.29, 0.717) is 6.54 Å². The van der Waals surface area contributed by atoms with Crippen LogP contribution in [0.3, 0.4) is 0 Å². The van der Waals surface area contributed by atoms with Crippen molar-refractivity contribution in [3.05, 3.63) is 29.8 Å². The number of ether oxygens (including phenoxy) is 1. The van der Waals surface area contributed by atoms with E-state index in [1.54, 1.807) is 0 Å². The standard InChI is InChI=1S/C12H13NO2/c1-12-8(6-11(14)15-12)7-13-10-5-3-2-4-9(10)12/h2-5,8,13H,6-7H2,1H3/t8-,12+/m0/s1/i6D/t6?,8-,12+. The summed E-state index contributed by atoms with van der Waals surface area (Å²) in [5.41, 5.74) is 1.35. The Balaban J connectivity index is 2.15. The minimum atomic E-state index is -0.772. The van der Waals surface area contributed by atoms with Gasteiger partial charge in [-0.3, -0.25) is 4.79 Å². The van der Waals surface area contributed by atoms with Crippen molar-refractivity contribution in [3.63, 3.8) is 0 Å². The highest BCUT2D eigenvalue weighted by Gasteiger charge is 2.49. The quantitative estimate of drug-likeness (QED) is 0.656. The summed E-state index contributed by atoms with van der Waals surface area (Å²) >= 11 is 0. The van der Waals surface area contributed by atoms with Crippen LogP contribution in [0, 0.1) is 5.92 Å². The van der Waals surface area contributed by atoms with Crippen LogP contribution in [0.5, 0.6) is 0 Å². The number of carbonyl (C=O) groups is 1. The molecule has 3 nitrogen and oxygen atoms in total. The van der Waals surface area contributed by atoms with E-state index in [9.17, 15) is 4.79 Å². The zero-order chi connectivity index (χ0) is 11.3. The van der Waals surface area contributed by atoms with Crippen LogP contribution in [0.15, 0.2) is 24.3 Å².